The van der Waals surface area contributed by atoms with E-state index in [1.165, 1.54) is 65.0 Å². The molecule has 0 atom stereocenters. The Morgan fingerprint density at radius 3 is 1.42 bits per heavy atom. The molecule has 24 heavy (non-hydrogen) atoms. The van der Waals surface area contributed by atoms with E-state index in [1.54, 1.807) is 0 Å². The van der Waals surface area contributed by atoms with Gasteiger partial charge in [-0.05, 0) is 45.8 Å². The Balaban J connectivity index is 1.47. The molecule has 2 heterocycles. The Kier molecular flexibility index (Phi) is 8.29. The van der Waals surface area contributed by atoms with Crippen LogP contribution in [0.3, 0.4) is 0 Å². The van der Waals surface area contributed by atoms with Crippen molar-refractivity contribution < 1.29 is 0 Å². The molecule has 0 saturated carbocycles. The molecule has 2 rings (SSSR count). The molecule has 0 aromatic heterocycles. The molecule has 0 aromatic carbocycles. The van der Waals surface area contributed by atoms with Crippen molar-refractivity contribution in [1.82, 2.24) is 24.5 Å². The topological polar surface area (TPSA) is 16.2 Å². The summed E-state index contributed by atoms with van der Waals surface area (Å²) in [7, 11) is 2.26. The monoisotopic (exact) mass is 335 g/mol. The molecule has 5 nitrogen and oxygen atoms in total. The molecule has 5 heteroatoms. The second-order valence-corrected chi connectivity index (χ2v) is 7.14. The first-order valence-electron chi connectivity index (χ1n) is 9.72. The lowest BCUT2D eigenvalue weighted by atomic mass is 10.3. The predicted molar refractivity (Wildman–Crippen MR) is 102 cm³/mol. The van der Waals surface area contributed by atoms with E-state index in [0.717, 1.165) is 13.3 Å². The van der Waals surface area contributed by atoms with Gasteiger partial charge in [0.1, 0.15) is 0 Å². The van der Waals surface area contributed by atoms with Gasteiger partial charge < -0.3 is 24.5 Å². The first-order valence-corrected chi connectivity index (χ1v) is 9.72. The van der Waals surface area contributed by atoms with Crippen molar-refractivity contribution >= 4 is 0 Å². The molecule has 0 unspecified atom stereocenters. The van der Waals surface area contributed by atoms with Gasteiger partial charge in [0.2, 0.25) is 0 Å². The van der Waals surface area contributed by atoms with Crippen molar-refractivity contribution in [1.29, 1.82) is 0 Å². The number of hydrogen-bond donors (Lipinski definition) is 0. The largest absolute Gasteiger partial charge is 0.359 e. The molecular weight excluding hydrogens is 298 g/mol. The molecule has 0 radical (unpaired) electrons. The standard InChI is InChI=1S/C19H37N5/c1-4-8-21-14-16-23(18-21)12-6-10-20(3)11-7-13-24-17-15-22(19-24)9-5-2/h14-17H,4-13,18-19H2,1-3H3. The first kappa shape index (κ1) is 19.0. The van der Waals surface area contributed by atoms with Gasteiger partial charge in [-0.1, -0.05) is 13.8 Å². The summed E-state index contributed by atoms with van der Waals surface area (Å²) >= 11 is 0. The van der Waals surface area contributed by atoms with Crippen LogP contribution in [0.1, 0.15) is 39.5 Å². The lowest BCUT2D eigenvalue weighted by Crippen LogP contribution is -2.31. The van der Waals surface area contributed by atoms with Gasteiger partial charge in [-0.2, -0.15) is 0 Å². The maximum absolute atomic E-state index is 2.48. The maximum atomic E-state index is 2.48. The van der Waals surface area contributed by atoms with Gasteiger partial charge in [-0.25, -0.2) is 0 Å². The second kappa shape index (κ2) is 10.5. The fourth-order valence-electron chi connectivity index (χ4n) is 3.39. The summed E-state index contributed by atoms with van der Waals surface area (Å²) in [5, 5.41) is 0. The third kappa shape index (κ3) is 6.63. The van der Waals surface area contributed by atoms with Crippen LogP contribution in [0.5, 0.6) is 0 Å². The SMILES string of the molecule is CCCN1C=CN(CCCN(C)CCCN2C=CN(CCC)C2)C1. The van der Waals surface area contributed by atoms with E-state index in [9.17, 15) is 0 Å². The van der Waals surface area contributed by atoms with Crippen LogP contribution in [0, 0.1) is 0 Å². The minimum absolute atomic E-state index is 1.08. The van der Waals surface area contributed by atoms with Crippen LogP contribution >= 0.6 is 0 Å². The Labute approximate surface area is 149 Å². The van der Waals surface area contributed by atoms with E-state index in [2.05, 4.69) is 70.2 Å². The van der Waals surface area contributed by atoms with E-state index in [4.69, 9.17) is 0 Å². The van der Waals surface area contributed by atoms with E-state index in [0.29, 0.717) is 0 Å². The summed E-state index contributed by atoms with van der Waals surface area (Å²) in [6, 6.07) is 0. The lowest BCUT2D eigenvalue weighted by Gasteiger charge is -2.24. The highest BCUT2D eigenvalue weighted by Crippen LogP contribution is 2.09. The molecule has 0 aliphatic carbocycles. The van der Waals surface area contributed by atoms with Gasteiger partial charge in [0.15, 0.2) is 0 Å². The summed E-state index contributed by atoms with van der Waals surface area (Å²) < 4.78 is 0. The Morgan fingerprint density at radius 1 is 0.667 bits per heavy atom. The minimum Gasteiger partial charge on any atom is -0.359 e. The summed E-state index contributed by atoms with van der Waals surface area (Å²) in [5.41, 5.74) is 0. The zero-order valence-electron chi connectivity index (χ0n) is 16.0. The van der Waals surface area contributed by atoms with Crippen molar-refractivity contribution in [2.24, 2.45) is 0 Å². The van der Waals surface area contributed by atoms with Crippen LogP contribution in [0.15, 0.2) is 24.8 Å². The van der Waals surface area contributed by atoms with E-state index in [-0.39, 0.29) is 0 Å². The van der Waals surface area contributed by atoms with Gasteiger partial charge in [0.05, 0.1) is 13.3 Å². The molecule has 2 aliphatic heterocycles. The van der Waals surface area contributed by atoms with Gasteiger partial charge in [0, 0.05) is 51.0 Å². The van der Waals surface area contributed by atoms with Crippen LogP contribution in [0.25, 0.3) is 0 Å². The molecular formula is C19H37N5. The van der Waals surface area contributed by atoms with Crippen molar-refractivity contribution in [2.45, 2.75) is 39.5 Å². The smallest absolute Gasteiger partial charge is 0.0893 e. The van der Waals surface area contributed by atoms with Crippen LogP contribution in [-0.4, -0.2) is 84.2 Å². The van der Waals surface area contributed by atoms with Gasteiger partial charge in [0.25, 0.3) is 0 Å². The summed E-state index contributed by atoms with van der Waals surface area (Å²) in [5.74, 6) is 0. The molecule has 0 spiro atoms. The maximum Gasteiger partial charge on any atom is 0.0893 e. The molecule has 2 aliphatic rings. The van der Waals surface area contributed by atoms with Crippen LogP contribution in [0.2, 0.25) is 0 Å². The quantitative estimate of drug-likeness (QED) is 0.543. The number of nitrogens with zero attached hydrogens (tertiary/aromatic N) is 5. The molecule has 138 valence electrons. The van der Waals surface area contributed by atoms with Crippen molar-refractivity contribution in [3.8, 4) is 0 Å². The van der Waals surface area contributed by atoms with Crippen LogP contribution < -0.4 is 0 Å². The summed E-state index contributed by atoms with van der Waals surface area (Å²) in [4.78, 5) is 12.1. The minimum atomic E-state index is 1.08. The van der Waals surface area contributed by atoms with E-state index >= 15 is 0 Å². The Hall–Kier alpha value is -1.36. The Bertz CT molecular complexity index is 359. The molecule has 0 N–H and O–H groups in total. The third-order valence-corrected chi connectivity index (χ3v) is 4.70. The zero-order chi connectivity index (χ0) is 17.2. The van der Waals surface area contributed by atoms with Gasteiger partial charge in [-0.15, -0.1) is 0 Å². The van der Waals surface area contributed by atoms with Gasteiger partial charge in [-0.3, -0.25) is 0 Å². The lowest BCUT2D eigenvalue weighted by molar-refractivity contribution is 0.232. The number of rotatable bonds is 12. The highest BCUT2D eigenvalue weighted by molar-refractivity contribution is 4.91. The van der Waals surface area contributed by atoms with E-state index < -0.39 is 0 Å². The fraction of sp³-hybridized carbons (Fsp3) is 0.789. The van der Waals surface area contributed by atoms with Crippen LogP contribution in [-0.2, 0) is 0 Å². The average Bonchev–Trinajstić information content (AvgIpc) is 3.18. The molecule has 0 amide bonds. The molecule has 0 aromatic rings. The average molecular weight is 336 g/mol. The number of hydrogen-bond acceptors (Lipinski definition) is 5. The normalized spacial score (nSPS) is 17.2. The van der Waals surface area contributed by atoms with Crippen molar-refractivity contribution in [3.05, 3.63) is 24.8 Å². The first-order chi connectivity index (χ1) is 11.7. The third-order valence-electron chi connectivity index (χ3n) is 4.70. The van der Waals surface area contributed by atoms with Crippen LogP contribution in [0.4, 0.5) is 0 Å². The molecule has 0 bridgehead atoms. The summed E-state index contributed by atoms with van der Waals surface area (Å²) in [6.45, 7) is 13.7. The highest BCUT2D eigenvalue weighted by Gasteiger charge is 2.12. The van der Waals surface area contributed by atoms with E-state index in [1.807, 2.05) is 0 Å². The molecule has 0 fully saturated rings. The second-order valence-electron chi connectivity index (χ2n) is 7.14. The predicted octanol–water partition coefficient (Wildman–Crippen LogP) is 2.61. The fourth-order valence-corrected chi connectivity index (χ4v) is 3.39. The van der Waals surface area contributed by atoms with Gasteiger partial charge >= 0.3 is 0 Å². The summed E-state index contributed by atoms with van der Waals surface area (Å²) in [6.07, 6.45) is 13.9. The highest BCUT2D eigenvalue weighted by atomic mass is 15.3. The van der Waals surface area contributed by atoms with Crippen molar-refractivity contribution in [3.63, 3.8) is 0 Å². The zero-order valence-corrected chi connectivity index (χ0v) is 16.0. The Morgan fingerprint density at radius 2 is 1.04 bits per heavy atom. The molecule has 0 saturated heterocycles. The van der Waals surface area contributed by atoms with Crippen molar-refractivity contribution in [2.75, 3.05) is 59.7 Å².